The highest BCUT2D eigenvalue weighted by molar-refractivity contribution is 6.30. The number of para-hydroxylation sites is 1. The van der Waals surface area contributed by atoms with Crippen molar-refractivity contribution in [1.82, 2.24) is 10.2 Å². The summed E-state index contributed by atoms with van der Waals surface area (Å²) in [5, 5.41) is 4.42. The van der Waals surface area contributed by atoms with Gasteiger partial charge in [-0.05, 0) is 67.5 Å². The van der Waals surface area contributed by atoms with Gasteiger partial charge in [-0.2, -0.15) is 0 Å². The van der Waals surface area contributed by atoms with E-state index < -0.39 is 0 Å². The van der Waals surface area contributed by atoms with Gasteiger partial charge in [-0.3, -0.25) is 9.59 Å². The van der Waals surface area contributed by atoms with Crippen LogP contribution < -0.4 is 16.0 Å². The minimum Gasteiger partial charge on any atom is -0.369 e. The lowest BCUT2D eigenvalue weighted by Gasteiger charge is -2.37. The molecular weight excluding hydrogens is 484 g/mol. The van der Waals surface area contributed by atoms with Crippen molar-refractivity contribution in [3.8, 4) is 0 Å². The second-order valence-electron chi connectivity index (χ2n) is 10.6. The highest BCUT2D eigenvalue weighted by Gasteiger charge is 2.27. The largest absolute Gasteiger partial charge is 0.369 e. The molecule has 2 unspecified atom stereocenters. The molecule has 2 fully saturated rings. The number of nitrogens with two attached hydrogens (primary N) is 1. The second-order valence-corrected chi connectivity index (χ2v) is 11.0. The Labute approximate surface area is 226 Å². The lowest BCUT2D eigenvalue weighted by molar-refractivity contribution is -0.128. The fourth-order valence-electron chi connectivity index (χ4n) is 5.13. The maximum atomic E-state index is 12.7. The number of anilines is 1. The number of rotatable bonds is 13. The number of primary amides is 1. The summed E-state index contributed by atoms with van der Waals surface area (Å²) in [7, 11) is 0. The second kappa shape index (κ2) is 13.3. The normalized spacial score (nSPS) is 17.5. The summed E-state index contributed by atoms with van der Waals surface area (Å²) in [4.78, 5) is 28.7. The standard InChI is InChI=1S/C30H40ClN4O2/c1-22(30(32)37)20-27(21-24-6-7-24)33-15-14-25-4-2-3-5-28(25)34-16-18-35(19-17-34)29(36)13-10-23-8-11-26(31)12-9-23/h2-5,8-9,11-13,22,24,27,33H,6-7,10,14-21H2,1H3,(H2,32,37). The van der Waals surface area contributed by atoms with E-state index in [2.05, 4.69) is 34.5 Å². The summed E-state index contributed by atoms with van der Waals surface area (Å²) in [6, 6.07) is 16.6. The van der Waals surface area contributed by atoms with Crippen LogP contribution in [0.15, 0.2) is 48.5 Å². The fraction of sp³-hybridized carbons (Fsp3) is 0.500. The molecule has 1 saturated heterocycles. The molecule has 2 amide bonds. The summed E-state index contributed by atoms with van der Waals surface area (Å²) < 4.78 is 0. The smallest absolute Gasteiger partial charge is 0.226 e. The highest BCUT2D eigenvalue weighted by atomic mass is 35.5. The molecule has 2 aromatic rings. The van der Waals surface area contributed by atoms with E-state index in [9.17, 15) is 9.59 Å². The van der Waals surface area contributed by atoms with E-state index in [4.69, 9.17) is 17.3 Å². The van der Waals surface area contributed by atoms with E-state index in [1.807, 2.05) is 36.1 Å². The van der Waals surface area contributed by atoms with Gasteiger partial charge in [0.05, 0.1) is 6.42 Å². The molecule has 7 heteroatoms. The van der Waals surface area contributed by atoms with Crippen LogP contribution in [-0.4, -0.2) is 55.5 Å². The van der Waals surface area contributed by atoms with Gasteiger partial charge in [-0.1, -0.05) is 61.7 Å². The zero-order valence-corrected chi connectivity index (χ0v) is 22.6. The van der Waals surface area contributed by atoms with Crippen LogP contribution in [-0.2, 0) is 22.4 Å². The first-order valence-corrected chi connectivity index (χ1v) is 14.0. The zero-order chi connectivity index (χ0) is 26.2. The van der Waals surface area contributed by atoms with E-state index in [1.54, 1.807) is 6.42 Å². The van der Waals surface area contributed by atoms with E-state index >= 15 is 0 Å². The first-order valence-electron chi connectivity index (χ1n) is 13.6. The van der Waals surface area contributed by atoms with Crippen molar-refractivity contribution in [3.05, 3.63) is 71.1 Å². The third-order valence-corrected chi connectivity index (χ3v) is 7.87. The van der Waals surface area contributed by atoms with Gasteiger partial charge in [0.15, 0.2) is 0 Å². The number of carbonyl (C=O) groups excluding carboxylic acids is 2. The van der Waals surface area contributed by atoms with Gasteiger partial charge >= 0.3 is 0 Å². The third kappa shape index (κ3) is 8.47. The Kier molecular flexibility index (Phi) is 9.87. The van der Waals surface area contributed by atoms with Gasteiger partial charge in [0.2, 0.25) is 11.8 Å². The zero-order valence-electron chi connectivity index (χ0n) is 21.9. The number of nitrogens with zero attached hydrogens (tertiary/aromatic N) is 2. The number of benzene rings is 2. The molecule has 0 bridgehead atoms. The van der Waals surface area contributed by atoms with Gasteiger partial charge in [0.1, 0.15) is 0 Å². The van der Waals surface area contributed by atoms with Gasteiger partial charge in [-0.15, -0.1) is 0 Å². The Morgan fingerprint density at radius 3 is 2.46 bits per heavy atom. The Balaban J connectivity index is 1.25. The van der Waals surface area contributed by atoms with Gasteiger partial charge < -0.3 is 20.9 Å². The minimum atomic E-state index is -0.215. The van der Waals surface area contributed by atoms with Crippen molar-refractivity contribution in [3.63, 3.8) is 0 Å². The van der Waals surface area contributed by atoms with Crippen LogP contribution in [0, 0.1) is 18.3 Å². The predicted molar refractivity (Wildman–Crippen MR) is 151 cm³/mol. The molecule has 1 heterocycles. The molecule has 1 radical (unpaired) electrons. The van der Waals surface area contributed by atoms with Crippen molar-refractivity contribution in [1.29, 1.82) is 0 Å². The van der Waals surface area contributed by atoms with Crippen LogP contribution in [0.1, 0.15) is 43.7 Å². The first-order chi connectivity index (χ1) is 17.9. The lowest BCUT2D eigenvalue weighted by atomic mass is 9.97. The number of nitrogens with one attached hydrogen (secondary N) is 1. The molecule has 0 spiro atoms. The molecule has 1 saturated carbocycles. The number of carbonyl (C=O) groups is 2. The molecule has 6 nitrogen and oxygen atoms in total. The molecule has 4 rings (SSSR count). The average molecular weight is 524 g/mol. The Morgan fingerprint density at radius 1 is 1.08 bits per heavy atom. The highest BCUT2D eigenvalue weighted by Crippen LogP contribution is 2.34. The van der Waals surface area contributed by atoms with Crippen LogP contribution in [0.2, 0.25) is 5.02 Å². The van der Waals surface area contributed by atoms with Crippen LogP contribution in [0.25, 0.3) is 0 Å². The van der Waals surface area contributed by atoms with Crippen molar-refractivity contribution < 1.29 is 9.59 Å². The number of hydrogen-bond acceptors (Lipinski definition) is 4. The van der Waals surface area contributed by atoms with Gasteiger partial charge in [0.25, 0.3) is 0 Å². The topological polar surface area (TPSA) is 78.7 Å². The molecule has 2 aromatic carbocycles. The van der Waals surface area contributed by atoms with E-state index in [-0.39, 0.29) is 17.7 Å². The number of hydrogen-bond donors (Lipinski definition) is 2. The molecular formula is C30H40ClN4O2. The summed E-state index contributed by atoms with van der Waals surface area (Å²) >= 11 is 5.95. The Morgan fingerprint density at radius 2 is 1.78 bits per heavy atom. The minimum absolute atomic E-state index is 0.0963. The van der Waals surface area contributed by atoms with Crippen molar-refractivity contribution in [2.75, 3.05) is 37.6 Å². The Bertz CT molecular complexity index is 1030. The molecule has 1 aliphatic carbocycles. The number of piperazine rings is 1. The van der Waals surface area contributed by atoms with Crippen molar-refractivity contribution in [2.45, 2.75) is 51.5 Å². The quantitative estimate of drug-likeness (QED) is 0.411. The summed E-state index contributed by atoms with van der Waals surface area (Å²) in [6.07, 6.45) is 7.86. The molecule has 3 N–H and O–H groups in total. The first kappa shape index (κ1) is 27.5. The van der Waals surface area contributed by atoms with Gasteiger partial charge in [-0.25, -0.2) is 0 Å². The summed E-state index contributed by atoms with van der Waals surface area (Å²) in [5.74, 6) is 0.574. The van der Waals surface area contributed by atoms with E-state index in [0.29, 0.717) is 17.5 Å². The molecule has 1 aliphatic heterocycles. The predicted octanol–water partition coefficient (Wildman–Crippen LogP) is 4.25. The molecule has 199 valence electrons. The average Bonchev–Trinajstić information content (AvgIpc) is 3.72. The molecule has 2 aliphatic rings. The summed E-state index contributed by atoms with van der Waals surface area (Å²) in [5.41, 5.74) is 9.18. The lowest BCUT2D eigenvalue weighted by Crippen LogP contribution is -2.49. The SMILES string of the molecule is CC(CC(CC1CC1)NCCc1ccccc1N1CCN(C(=O)[CH]Cc2ccc(Cl)cc2)CC1)C(N)=O. The van der Waals surface area contributed by atoms with Crippen molar-refractivity contribution >= 4 is 29.1 Å². The van der Waals surface area contributed by atoms with Crippen LogP contribution in [0.5, 0.6) is 0 Å². The van der Waals surface area contributed by atoms with Gasteiger partial charge in [0, 0.05) is 48.8 Å². The Hall–Kier alpha value is -2.57. The molecule has 2 atom stereocenters. The van der Waals surface area contributed by atoms with E-state index in [1.165, 1.54) is 24.1 Å². The number of halogens is 1. The summed E-state index contributed by atoms with van der Waals surface area (Å²) in [6.45, 7) is 5.89. The monoisotopic (exact) mass is 523 g/mol. The fourth-order valence-corrected chi connectivity index (χ4v) is 5.25. The molecule has 37 heavy (non-hydrogen) atoms. The number of amides is 2. The van der Waals surface area contributed by atoms with Crippen LogP contribution in [0.4, 0.5) is 5.69 Å². The molecule has 0 aromatic heterocycles. The maximum Gasteiger partial charge on any atom is 0.226 e. The third-order valence-electron chi connectivity index (χ3n) is 7.62. The van der Waals surface area contributed by atoms with Crippen LogP contribution in [0.3, 0.4) is 0 Å². The van der Waals surface area contributed by atoms with Crippen molar-refractivity contribution in [2.24, 2.45) is 17.6 Å². The van der Waals surface area contributed by atoms with Crippen LogP contribution >= 0.6 is 11.6 Å². The maximum absolute atomic E-state index is 12.7. The van der Waals surface area contributed by atoms with E-state index in [0.717, 1.165) is 63.5 Å².